The summed E-state index contributed by atoms with van der Waals surface area (Å²) in [7, 11) is 0. The second-order valence-electron chi connectivity index (χ2n) is 6.48. The molecule has 25 heavy (non-hydrogen) atoms. The van der Waals surface area contributed by atoms with Crippen molar-refractivity contribution in [2.45, 2.75) is 32.3 Å². The van der Waals surface area contributed by atoms with Gasteiger partial charge in [0.05, 0.1) is 6.61 Å². The van der Waals surface area contributed by atoms with Gasteiger partial charge in [-0.15, -0.1) is 0 Å². The maximum atomic E-state index is 12.4. The van der Waals surface area contributed by atoms with E-state index in [0.717, 1.165) is 29.7 Å². The molecule has 134 valence electrons. The molecule has 5 heteroatoms. The topological polar surface area (TPSA) is 35.5 Å². The maximum absolute atomic E-state index is 12.4. The predicted molar refractivity (Wildman–Crippen MR) is 103 cm³/mol. The van der Waals surface area contributed by atoms with E-state index in [0.29, 0.717) is 25.3 Å². The Bertz CT molecular complexity index is 731. The predicted octanol–water partition coefficient (Wildman–Crippen LogP) is 6.23. The lowest BCUT2D eigenvalue weighted by atomic mass is 9.96. The SMILES string of the molecule is CCOP(=O)(Cl)C[C@H](c1cccc(OCc2ccccc2)c1)C1CC1. The van der Waals surface area contributed by atoms with Crippen LogP contribution in [0.15, 0.2) is 54.6 Å². The van der Waals surface area contributed by atoms with Gasteiger partial charge in [0.1, 0.15) is 12.4 Å². The zero-order chi connectivity index (χ0) is 17.7. The van der Waals surface area contributed by atoms with E-state index < -0.39 is 6.72 Å². The van der Waals surface area contributed by atoms with Gasteiger partial charge in [0, 0.05) is 6.16 Å². The summed E-state index contributed by atoms with van der Waals surface area (Å²) in [5, 5.41) is 0. The molecule has 0 heterocycles. The second kappa shape index (κ2) is 8.40. The maximum Gasteiger partial charge on any atom is 0.290 e. The molecular weight excluding hydrogens is 355 g/mol. The van der Waals surface area contributed by atoms with Gasteiger partial charge in [0.2, 0.25) is 0 Å². The Balaban J connectivity index is 1.71. The van der Waals surface area contributed by atoms with Crippen LogP contribution in [0.3, 0.4) is 0 Å². The fraction of sp³-hybridized carbons (Fsp3) is 0.400. The number of benzene rings is 2. The Morgan fingerprint density at radius 1 is 1.16 bits per heavy atom. The molecule has 0 aliphatic heterocycles. The third-order valence-electron chi connectivity index (χ3n) is 4.46. The molecule has 0 amide bonds. The average molecular weight is 379 g/mol. The highest BCUT2D eigenvalue weighted by Crippen LogP contribution is 2.58. The summed E-state index contributed by atoms with van der Waals surface area (Å²) < 4.78 is 23.6. The summed E-state index contributed by atoms with van der Waals surface area (Å²) in [5.41, 5.74) is 2.27. The fourth-order valence-corrected chi connectivity index (χ4v) is 5.29. The molecule has 0 bridgehead atoms. The van der Waals surface area contributed by atoms with Crippen LogP contribution < -0.4 is 4.74 Å². The van der Waals surface area contributed by atoms with Crippen LogP contribution in [-0.4, -0.2) is 12.8 Å². The first-order valence-electron chi connectivity index (χ1n) is 8.77. The average Bonchev–Trinajstić information content (AvgIpc) is 3.44. The molecule has 1 aliphatic carbocycles. The lowest BCUT2D eigenvalue weighted by Crippen LogP contribution is -2.08. The van der Waals surface area contributed by atoms with Crippen LogP contribution in [0, 0.1) is 5.92 Å². The van der Waals surface area contributed by atoms with Crippen LogP contribution in [0.25, 0.3) is 0 Å². The van der Waals surface area contributed by atoms with E-state index in [4.69, 9.17) is 20.5 Å². The van der Waals surface area contributed by atoms with Crippen molar-refractivity contribution in [2.75, 3.05) is 12.8 Å². The van der Waals surface area contributed by atoms with Crippen molar-refractivity contribution in [1.82, 2.24) is 0 Å². The van der Waals surface area contributed by atoms with E-state index in [-0.39, 0.29) is 5.92 Å². The number of hydrogen-bond acceptors (Lipinski definition) is 3. The van der Waals surface area contributed by atoms with Crippen molar-refractivity contribution < 1.29 is 13.8 Å². The van der Waals surface area contributed by atoms with E-state index in [2.05, 4.69) is 12.1 Å². The molecule has 2 aromatic rings. The van der Waals surface area contributed by atoms with E-state index in [1.165, 1.54) is 0 Å². The number of halogens is 1. The Kier molecular flexibility index (Phi) is 6.22. The Morgan fingerprint density at radius 3 is 2.60 bits per heavy atom. The Hall–Kier alpha value is -1.28. The third-order valence-corrected chi connectivity index (χ3v) is 6.64. The summed E-state index contributed by atoms with van der Waals surface area (Å²) in [6.45, 7) is -0.350. The summed E-state index contributed by atoms with van der Waals surface area (Å²) in [6, 6.07) is 18.2. The molecular formula is C20H24ClO3P. The molecule has 0 radical (unpaired) electrons. The van der Waals surface area contributed by atoms with Crippen molar-refractivity contribution in [2.24, 2.45) is 5.92 Å². The van der Waals surface area contributed by atoms with Crippen LogP contribution in [0.2, 0.25) is 0 Å². The largest absolute Gasteiger partial charge is 0.489 e. The minimum Gasteiger partial charge on any atom is -0.489 e. The highest BCUT2D eigenvalue weighted by atomic mass is 35.7. The minimum atomic E-state index is -3.07. The molecule has 0 saturated heterocycles. The van der Waals surface area contributed by atoms with E-state index in [9.17, 15) is 4.57 Å². The molecule has 3 rings (SSSR count). The van der Waals surface area contributed by atoms with Crippen molar-refractivity contribution >= 4 is 18.0 Å². The van der Waals surface area contributed by atoms with Gasteiger partial charge < -0.3 is 9.26 Å². The van der Waals surface area contributed by atoms with Gasteiger partial charge in [0.25, 0.3) is 6.72 Å². The molecule has 0 N–H and O–H groups in total. The van der Waals surface area contributed by atoms with Gasteiger partial charge in [-0.3, -0.25) is 4.57 Å². The Labute approximate surface area is 154 Å². The van der Waals surface area contributed by atoms with Gasteiger partial charge in [0.15, 0.2) is 0 Å². The molecule has 2 aromatic carbocycles. The van der Waals surface area contributed by atoms with Crippen molar-refractivity contribution in [1.29, 1.82) is 0 Å². The molecule has 1 fully saturated rings. The smallest absolute Gasteiger partial charge is 0.290 e. The van der Waals surface area contributed by atoms with Crippen LogP contribution in [0.1, 0.15) is 36.8 Å². The monoisotopic (exact) mass is 378 g/mol. The van der Waals surface area contributed by atoms with Gasteiger partial charge >= 0.3 is 0 Å². The van der Waals surface area contributed by atoms with E-state index >= 15 is 0 Å². The van der Waals surface area contributed by atoms with Gasteiger partial charge in [-0.1, -0.05) is 42.5 Å². The molecule has 1 saturated carbocycles. The highest BCUT2D eigenvalue weighted by molar-refractivity contribution is 7.85. The van der Waals surface area contributed by atoms with Gasteiger partial charge in [-0.2, -0.15) is 0 Å². The first kappa shape index (κ1) is 18.5. The van der Waals surface area contributed by atoms with Crippen LogP contribution in [0.4, 0.5) is 0 Å². The van der Waals surface area contributed by atoms with Gasteiger partial charge in [-0.25, -0.2) is 0 Å². The van der Waals surface area contributed by atoms with Crippen LogP contribution in [-0.2, 0) is 15.7 Å². The first-order valence-corrected chi connectivity index (χ1v) is 11.5. The summed E-state index contributed by atoms with van der Waals surface area (Å²) in [4.78, 5) is 0. The molecule has 1 aliphatic rings. The van der Waals surface area contributed by atoms with Crippen molar-refractivity contribution in [3.63, 3.8) is 0 Å². The lowest BCUT2D eigenvalue weighted by molar-refractivity contribution is 0.305. The van der Waals surface area contributed by atoms with Crippen molar-refractivity contribution in [3.05, 3.63) is 65.7 Å². The zero-order valence-electron chi connectivity index (χ0n) is 14.4. The first-order chi connectivity index (χ1) is 12.1. The normalized spacial score (nSPS) is 17.7. The minimum absolute atomic E-state index is 0.162. The quantitative estimate of drug-likeness (QED) is 0.485. The zero-order valence-corrected chi connectivity index (χ0v) is 16.1. The molecule has 1 unspecified atom stereocenters. The van der Waals surface area contributed by atoms with Crippen LogP contribution >= 0.6 is 18.0 Å². The molecule has 0 spiro atoms. The van der Waals surface area contributed by atoms with Crippen LogP contribution in [0.5, 0.6) is 5.75 Å². The second-order valence-corrected chi connectivity index (χ2v) is 9.83. The molecule has 0 aromatic heterocycles. The van der Waals surface area contributed by atoms with Crippen molar-refractivity contribution in [3.8, 4) is 5.75 Å². The van der Waals surface area contributed by atoms with Gasteiger partial charge in [-0.05, 0) is 66.1 Å². The summed E-state index contributed by atoms with van der Waals surface area (Å²) in [6.07, 6.45) is 2.70. The number of hydrogen-bond donors (Lipinski definition) is 0. The lowest BCUT2D eigenvalue weighted by Gasteiger charge is -2.20. The number of rotatable bonds is 9. The molecule has 3 nitrogen and oxygen atoms in total. The van der Waals surface area contributed by atoms with E-state index in [1.54, 1.807) is 0 Å². The molecule has 2 atom stereocenters. The fourth-order valence-electron chi connectivity index (χ4n) is 3.08. The number of ether oxygens (including phenoxy) is 1. The third kappa shape index (κ3) is 5.60. The Morgan fingerprint density at radius 2 is 1.92 bits per heavy atom. The summed E-state index contributed by atoms with van der Waals surface area (Å²) >= 11 is 6.14. The summed E-state index contributed by atoms with van der Waals surface area (Å²) in [5.74, 6) is 1.53. The standard InChI is InChI=1S/C20H24ClO3P/c1-2-24-25(21,22)15-20(17-11-12-17)18-9-6-10-19(13-18)23-14-16-7-4-3-5-8-16/h3-10,13,17,20H,2,11-12,14-15H2,1H3/t20-,25?/m0/s1. The van der Waals surface area contributed by atoms with E-state index in [1.807, 2.05) is 49.4 Å². The highest BCUT2D eigenvalue weighted by Gasteiger charge is 2.37.